The lowest BCUT2D eigenvalue weighted by Crippen LogP contribution is -2.31. The van der Waals surface area contributed by atoms with Gasteiger partial charge in [0.15, 0.2) is 0 Å². The van der Waals surface area contributed by atoms with Crippen molar-refractivity contribution in [3.05, 3.63) is 23.4 Å². The van der Waals surface area contributed by atoms with Crippen LogP contribution in [-0.4, -0.2) is 31.8 Å². The fourth-order valence-electron chi connectivity index (χ4n) is 1.84. The largest absolute Gasteiger partial charge is 0.383 e. The number of aromatic nitrogens is 1. The minimum absolute atomic E-state index is 0.515. The van der Waals surface area contributed by atoms with E-state index in [1.54, 1.807) is 7.11 Å². The Bertz CT molecular complexity index is 369. The number of anilines is 1. The van der Waals surface area contributed by atoms with Crippen LogP contribution in [0, 0.1) is 12.8 Å². The quantitative estimate of drug-likeness (QED) is 0.712. The van der Waals surface area contributed by atoms with E-state index >= 15 is 0 Å². The Balaban J connectivity index is 2.86. The first-order chi connectivity index (χ1) is 8.58. The van der Waals surface area contributed by atoms with E-state index in [9.17, 15) is 0 Å². The number of hydrogen-bond donors (Lipinski definition) is 0. The molecule has 0 aliphatic rings. The molecule has 0 atom stereocenters. The number of nitrogens with zero attached hydrogens (tertiary/aromatic N) is 2. The van der Waals surface area contributed by atoms with Gasteiger partial charge in [-0.05, 0) is 24.5 Å². The van der Waals surface area contributed by atoms with Crippen LogP contribution in [0.4, 0.5) is 5.82 Å². The highest BCUT2D eigenvalue weighted by molar-refractivity contribution is 6.17. The number of alkyl halides is 1. The zero-order valence-corrected chi connectivity index (χ0v) is 12.5. The van der Waals surface area contributed by atoms with E-state index in [-0.39, 0.29) is 0 Å². The third kappa shape index (κ3) is 4.46. The summed E-state index contributed by atoms with van der Waals surface area (Å²) in [6.45, 7) is 8.98. The summed E-state index contributed by atoms with van der Waals surface area (Å²) in [4.78, 5) is 6.90. The maximum atomic E-state index is 5.86. The van der Waals surface area contributed by atoms with Crippen LogP contribution in [0.5, 0.6) is 0 Å². The zero-order valence-electron chi connectivity index (χ0n) is 11.7. The van der Waals surface area contributed by atoms with E-state index in [2.05, 4.69) is 29.8 Å². The van der Waals surface area contributed by atoms with Crippen molar-refractivity contribution in [2.24, 2.45) is 5.92 Å². The standard InChI is InChI=1S/C14H23ClN2O/c1-11(2)10-17(7-8-18-4)14-6-5-13(9-15)12(3)16-14/h5-6,11H,7-10H2,1-4H3. The molecule has 1 aromatic heterocycles. The molecule has 4 heteroatoms. The number of rotatable bonds is 7. The zero-order chi connectivity index (χ0) is 13.5. The first-order valence-electron chi connectivity index (χ1n) is 6.34. The Labute approximate surface area is 115 Å². The lowest BCUT2D eigenvalue weighted by Gasteiger charge is -2.26. The van der Waals surface area contributed by atoms with E-state index in [0.717, 1.165) is 30.2 Å². The summed E-state index contributed by atoms with van der Waals surface area (Å²) in [5, 5.41) is 0. The first-order valence-corrected chi connectivity index (χ1v) is 6.88. The number of hydrogen-bond acceptors (Lipinski definition) is 3. The molecule has 0 aromatic carbocycles. The molecule has 0 spiro atoms. The van der Waals surface area contributed by atoms with Gasteiger partial charge >= 0.3 is 0 Å². The highest BCUT2D eigenvalue weighted by atomic mass is 35.5. The van der Waals surface area contributed by atoms with Gasteiger partial charge in [0.25, 0.3) is 0 Å². The summed E-state index contributed by atoms with van der Waals surface area (Å²) in [6.07, 6.45) is 0. The summed E-state index contributed by atoms with van der Waals surface area (Å²) in [5.41, 5.74) is 2.10. The van der Waals surface area contributed by atoms with Crippen molar-refractivity contribution in [3.63, 3.8) is 0 Å². The van der Waals surface area contributed by atoms with E-state index in [4.69, 9.17) is 16.3 Å². The molecular formula is C14H23ClN2O. The molecule has 18 heavy (non-hydrogen) atoms. The maximum Gasteiger partial charge on any atom is 0.128 e. The molecule has 0 N–H and O–H groups in total. The predicted octanol–water partition coefficient (Wildman–Crippen LogP) is 3.24. The molecule has 0 bridgehead atoms. The van der Waals surface area contributed by atoms with E-state index in [1.165, 1.54) is 0 Å². The number of ether oxygens (including phenoxy) is 1. The molecule has 102 valence electrons. The molecule has 0 saturated carbocycles. The fraction of sp³-hybridized carbons (Fsp3) is 0.643. The Hall–Kier alpha value is -0.800. The van der Waals surface area contributed by atoms with Gasteiger partial charge in [0, 0.05) is 31.8 Å². The van der Waals surface area contributed by atoms with Gasteiger partial charge in [-0.15, -0.1) is 11.6 Å². The average Bonchev–Trinajstić information content (AvgIpc) is 2.34. The van der Waals surface area contributed by atoms with Crippen molar-refractivity contribution >= 4 is 17.4 Å². The van der Waals surface area contributed by atoms with Crippen LogP contribution in [0.15, 0.2) is 12.1 Å². The first kappa shape index (κ1) is 15.3. The molecule has 0 amide bonds. The normalized spacial score (nSPS) is 11.0. The Kier molecular flexibility index (Phi) is 6.44. The van der Waals surface area contributed by atoms with E-state index in [1.807, 2.05) is 13.0 Å². The molecule has 0 fully saturated rings. The number of pyridine rings is 1. The van der Waals surface area contributed by atoms with Crippen LogP contribution < -0.4 is 4.90 Å². The Morgan fingerprint density at radius 3 is 2.61 bits per heavy atom. The van der Waals surface area contributed by atoms with Crippen LogP contribution in [0.3, 0.4) is 0 Å². The molecule has 0 aliphatic carbocycles. The van der Waals surface area contributed by atoms with Gasteiger partial charge in [0.05, 0.1) is 6.61 Å². The van der Waals surface area contributed by atoms with Crippen LogP contribution >= 0.6 is 11.6 Å². The molecule has 1 rings (SSSR count). The molecule has 1 aromatic rings. The number of methoxy groups -OCH3 is 1. The molecule has 0 aliphatic heterocycles. The molecule has 3 nitrogen and oxygen atoms in total. The Morgan fingerprint density at radius 2 is 2.11 bits per heavy atom. The third-order valence-corrected chi connectivity index (χ3v) is 3.09. The predicted molar refractivity (Wildman–Crippen MR) is 77.5 cm³/mol. The van der Waals surface area contributed by atoms with Gasteiger partial charge in [-0.1, -0.05) is 19.9 Å². The molecule has 0 radical (unpaired) electrons. The minimum atomic E-state index is 0.515. The monoisotopic (exact) mass is 270 g/mol. The van der Waals surface area contributed by atoms with Crippen molar-refractivity contribution in [1.82, 2.24) is 4.98 Å². The van der Waals surface area contributed by atoms with E-state index < -0.39 is 0 Å². The van der Waals surface area contributed by atoms with Crippen molar-refractivity contribution in [2.75, 3.05) is 31.7 Å². The molecule has 0 saturated heterocycles. The Morgan fingerprint density at radius 1 is 1.39 bits per heavy atom. The van der Waals surface area contributed by atoms with Gasteiger partial charge in [0.1, 0.15) is 5.82 Å². The second-order valence-electron chi connectivity index (χ2n) is 4.88. The van der Waals surface area contributed by atoms with Crippen LogP contribution in [0.1, 0.15) is 25.1 Å². The minimum Gasteiger partial charge on any atom is -0.383 e. The van der Waals surface area contributed by atoms with Gasteiger partial charge in [-0.25, -0.2) is 4.98 Å². The van der Waals surface area contributed by atoms with Crippen molar-refractivity contribution in [2.45, 2.75) is 26.7 Å². The fourth-order valence-corrected chi connectivity index (χ4v) is 2.12. The summed E-state index contributed by atoms with van der Waals surface area (Å²) in [5.74, 6) is 2.12. The van der Waals surface area contributed by atoms with Crippen LogP contribution in [0.2, 0.25) is 0 Å². The lowest BCUT2D eigenvalue weighted by molar-refractivity contribution is 0.204. The topological polar surface area (TPSA) is 25.4 Å². The number of aryl methyl sites for hydroxylation is 1. The van der Waals surface area contributed by atoms with Crippen molar-refractivity contribution in [1.29, 1.82) is 0 Å². The molecule has 1 heterocycles. The summed E-state index contributed by atoms with van der Waals surface area (Å²) >= 11 is 5.86. The van der Waals surface area contributed by atoms with Crippen LogP contribution in [-0.2, 0) is 10.6 Å². The van der Waals surface area contributed by atoms with Gasteiger partial charge in [-0.3, -0.25) is 0 Å². The molecule has 0 unspecified atom stereocenters. The van der Waals surface area contributed by atoms with Crippen molar-refractivity contribution < 1.29 is 4.74 Å². The van der Waals surface area contributed by atoms with Crippen LogP contribution in [0.25, 0.3) is 0 Å². The second-order valence-corrected chi connectivity index (χ2v) is 5.15. The van der Waals surface area contributed by atoms with Crippen molar-refractivity contribution in [3.8, 4) is 0 Å². The van der Waals surface area contributed by atoms with Gasteiger partial charge in [-0.2, -0.15) is 0 Å². The summed E-state index contributed by atoms with van der Waals surface area (Å²) < 4.78 is 5.16. The maximum absolute atomic E-state index is 5.86. The highest BCUT2D eigenvalue weighted by Gasteiger charge is 2.11. The SMILES string of the molecule is COCCN(CC(C)C)c1ccc(CCl)c(C)n1. The second kappa shape index (κ2) is 7.59. The summed E-state index contributed by atoms with van der Waals surface area (Å²) in [6, 6.07) is 4.10. The number of halogens is 1. The lowest BCUT2D eigenvalue weighted by atomic mass is 10.2. The average molecular weight is 271 g/mol. The van der Waals surface area contributed by atoms with Gasteiger partial charge in [0.2, 0.25) is 0 Å². The summed E-state index contributed by atoms with van der Waals surface area (Å²) in [7, 11) is 1.73. The smallest absolute Gasteiger partial charge is 0.128 e. The molecular weight excluding hydrogens is 248 g/mol. The van der Waals surface area contributed by atoms with E-state index in [0.29, 0.717) is 18.4 Å². The highest BCUT2D eigenvalue weighted by Crippen LogP contribution is 2.17. The van der Waals surface area contributed by atoms with Gasteiger partial charge < -0.3 is 9.64 Å². The third-order valence-electron chi connectivity index (χ3n) is 2.80.